The van der Waals surface area contributed by atoms with E-state index in [0.29, 0.717) is 64.4 Å². The molecule has 2 aromatic heterocycles. The maximum atomic E-state index is 13.9. The third-order valence-electron chi connectivity index (χ3n) is 8.93. The first kappa shape index (κ1) is 30.8. The molecule has 0 bridgehead atoms. The summed E-state index contributed by atoms with van der Waals surface area (Å²) in [4.78, 5) is 46.2. The molecule has 11 heteroatoms. The third kappa shape index (κ3) is 7.06. The predicted octanol–water partition coefficient (Wildman–Crippen LogP) is 5.49. The zero-order chi connectivity index (χ0) is 31.7. The average molecular weight is 629 g/mol. The van der Waals surface area contributed by atoms with Crippen LogP contribution in [0.2, 0.25) is 5.02 Å². The summed E-state index contributed by atoms with van der Waals surface area (Å²) in [6.07, 6.45) is 7.21. The van der Waals surface area contributed by atoms with Crippen LogP contribution >= 0.6 is 11.6 Å². The zero-order valence-electron chi connectivity index (χ0n) is 26.3. The molecule has 1 unspecified atom stereocenters. The number of hydrogen-bond acceptors (Lipinski definition) is 5. The molecule has 45 heavy (non-hydrogen) atoms. The lowest BCUT2D eigenvalue weighted by Gasteiger charge is -2.39. The van der Waals surface area contributed by atoms with Gasteiger partial charge in [-0.2, -0.15) is 0 Å². The number of halogens is 1. The number of H-pyrrole nitrogens is 1. The number of fused-ring (bicyclic) bond motifs is 1. The standard InChI is InChI=1S/C34H41ClN8O2/c1-21-18-34(3,4)13-11-27(21)41-33(42-19-22(2)38-29(44)20-42)39-25-9-10-26-28(17-25)40-31(30-36-14-15-37-30)43(32(26)45)16-12-23-5-7-24(35)8-6-23/h5-10,14-15,17,21-22,27H,11-13,16,18-20H2,1-4H3,(H,36,37)(H,38,44)(H,39,41)/t21-,22-,27?/m0/s1. The second-order valence-electron chi connectivity index (χ2n) is 13.3. The molecule has 4 aromatic rings. The highest BCUT2D eigenvalue weighted by molar-refractivity contribution is 6.30. The van der Waals surface area contributed by atoms with E-state index in [-0.39, 0.29) is 30.1 Å². The summed E-state index contributed by atoms with van der Waals surface area (Å²) >= 11 is 6.07. The monoisotopic (exact) mass is 628 g/mol. The normalized spacial score (nSPS) is 22.0. The Morgan fingerprint density at radius 2 is 1.96 bits per heavy atom. The summed E-state index contributed by atoms with van der Waals surface area (Å²) in [7, 11) is 0. The highest BCUT2D eigenvalue weighted by atomic mass is 35.5. The third-order valence-corrected chi connectivity index (χ3v) is 9.18. The molecule has 6 rings (SSSR count). The van der Waals surface area contributed by atoms with Gasteiger partial charge in [-0.3, -0.25) is 14.2 Å². The minimum atomic E-state index is -0.138. The number of aliphatic imine (C=N–C) groups is 1. The van der Waals surface area contributed by atoms with E-state index in [1.165, 1.54) is 0 Å². The quantitative estimate of drug-likeness (QED) is 0.192. The van der Waals surface area contributed by atoms with Gasteiger partial charge in [0.2, 0.25) is 5.91 Å². The molecule has 0 radical (unpaired) electrons. The fraction of sp³-hybridized carbons (Fsp3) is 0.441. The van der Waals surface area contributed by atoms with Gasteiger partial charge in [-0.25, -0.2) is 15.0 Å². The van der Waals surface area contributed by atoms with Crippen molar-refractivity contribution in [2.45, 2.75) is 72.0 Å². The first-order chi connectivity index (χ1) is 21.5. The van der Waals surface area contributed by atoms with Crippen LogP contribution in [-0.2, 0) is 17.8 Å². The van der Waals surface area contributed by atoms with Crippen molar-refractivity contribution in [2.75, 3.05) is 18.4 Å². The largest absolute Gasteiger partial charge is 0.350 e. The minimum absolute atomic E-state index is 0.00132. The van der Waals surface area contributed by atoms with Gasteiger partial charge in [0, 0.05) is 42.2 Å². The number of carbonyl (C=O) groups is 1. The van der Waals surface area contributed by atoms with Crippen molar-refractivity contribution in [1.82, 2.24) is 29.7 Å². The number of amides is 1. The van der Waals surface area contributed by atoms with Crippen molar-refractivity contribution in [2.24, 2.45) is 16.3 Å². The number of aromatic nitrogens is 4. The van der Waals surface area contributed by atoms with E-state index in [1.54, 1.807) is 17.0 Å². The van der Waals surface area contributed by atoms with Crippen molar-refractivity contribution >= 4 is 40.1 Å². The van der Waals surface area contributed by atoms with Gasteiger partial charge in [0.15, 0.2) is 17.6 Å². The number of piperazine rings is 1. The van der Waals surface area contributed by atoms with Crippen LogP contribution in [0.5, 0.6) is 0 Å². The molecule has 0 spiro atoms. The Labute approximate surface area is 268 Å². The first-order valence-electron chi connectivity index (χ1n) is 15.7. The summed E-state index contributed by atoms with van der Waals surface area (Å²) < 4.78 is 1.68. The Balaban J connectivity index is 1.35. The van der Waals surface area contributed by atoms with Crippen LogP contribution in [0.15, 0.2) is 64.6 Å². The molecular formula is C34H41ClN8O2. The topological polar surface area (TPSA) is 120 Å². The number of aryl methyl sites for hydroxylation is 1. The van der Waals surface area contributed by atoms with E-state index in [0.717, 1.165) is 30.5 Å². The van der Waals surface area contributed by atoms with Gasteiger partial charge >= 0.3 is 0 Å². The number of nitrogens with one attached hydrogen (secondary N) is 3. The molecule has 2 aromatic carbocycles. The van der Waals surface area contributed by atoms with Crippen LogP contribution in [0.4, 0.5) is 5.69 Å². The van der Waals surface area contributed by atoms with Crippen LogP contribution in [-0.4, -0.2) is 61.5 Å². The number of anilines is 1. The summed E-state index contributed by atoms with van der Waals surface area (Å²) in [6, 6.07) is 13.4. The van der Waals surface area contributed by atoms with Crippen molar-refractivity contribution in [3.63, 3.8) is 0 Å². The lowest BCUT2D eigenvalue weighted by molar-refractivity contribution is -0.123. The summed E-state index contributed by atoms with van der Waals surface area (Å²) in [5.41, 5.74) is 2.53. The number of hydrogen-bond donors (Lipinski definition) is 3. The van der Waals surface area contributed by atoms with Gasteiger partial charge in [-0.1, -0.05) is 44.5 Å². The Kier molecular flexibility index (Phi) is 8.68. The van der Waals surface area contributed by atoms with E-state index < -0.39 is 0 Å². The molecular weight excluding hydrogens is 588 g/mol. The van der Waals surface area contributed by atoms with Crippen molar-refractivity contribution in [1.29, 1.82) is 0 Å². The molecule has 3 heterocycles. The van der Waals surface area contributed by atoms with Crippen molar-refractivity contribution in [3.05, 3.63) is 75.8 Å². The molecule has 2 aliphatic rings. The molecule has 10 nitrogen and oxygen atoms in total. The lowest BCUT2D eigenvalue weighted by Crippen LogP contribution is -2.56. The van der Waals surface area contributed by atoms with Crippen LogP contribution in [0, 0.1) is 11.3 Å². The Bertz CT molecular complexity index is 1760. The van der Waals surface area contributed by atoms with E-state index in [9.17, 15) is 9.59 Å². The van der Waals surface area contributed by atoms with Crippen LogP contribution in [0.1, 0.15) is 52.5 Å². The first-order valence-corrected chi connectivity index (χ1v) is 16.1. The molecule has 1 aliphatic heterocycles. The fourth-order valence-electron chi connectivity index (χ4n) is 6.67. The minimum Gasteiger partial charge on any atom is -0.350 e. The molecule has 236 valence electrons. The van der Waals surface area contributed by atoms with Gasteiger partial charge in [0.25, 0.3) is 5.56 Å². The molecule has 3 N–H and O–H groups in total. The molecule has 1 saturated heterocycles. The van der Waals surface area contributed by atoms with E-state index in [1.807, 2.05) is 54.3 Å². The number of imidazole rings is 1. The van der Waals surface area contributed by atoms with Gasteiger partial charge in [0.1, 0.15) is 0 Å². The number of aromatic amines is 1. The van der Waals surface area contributed by atoms with Gasteiger partial charge in [-0.05, 0) is 79.8 Å². The lowest BCUT2D eigenvalue weighted by atomic mass is 9.71. The van der Waals surface area contributed by atoms with Gasteiger partial charge < -0.3 is 20.5 Å². The second kappa shape index (κ2) is 12.7. The van der Waals surface area contributed by atoms with Gasteiger partial charge in [0.05, 0.1) is 23.5 Å². The van der Waals surface area contributed by atoms with Gasteiger partial charge in [-0.15, -0.1) is 0 Å². The van der Waals surface area contributed by atoms with Crippen LogP contribution < -0.4 is 16.2 Å². The number of benzene rings is 2. The SMILES string of the molecule is C[C@H]1CN(C(=NC2CCC(C)(C)C[C@@H]2C)Nc2ccc3c(=O)n(CCc4ccc(Cl)cc4)c(-c4ncc[nH]4)nc3c2)CC(=O)N1. The molecule has 1 amide bonds. The summed E-state index contributed by atoms with van der Waals surface area (Å²) in [6.45, 7) is 10.2. The van der Waals surface area contributed by atoms with E-state index in [2.05, 4.69) is 41.4 Å². The predicted molar refractivity (Wildman–Crippen MR) is 180 cm³/mol. The highest BCUT2D eigenvalue weighted by Gasteiger charge is 2.33. The summed E-state index contributed by atoms with van der Waals surface area (Å²) in [5, 5.41) is 7.71. The zero-order valence-corrected chi connectivity index (χ0v) is 27.1. The smallest absolute Gasteiger partial charge is 0.261 e. The molecule has 1 aliphatic carbocycles. The Hall–Kier alpha value is -4.18. The maximum Gasteiger partial charge on any atom is 0.261 e. The van der Waals surface area contributed by atoms with Crippen molar-refractivity contribution < 1.29 is 4.79 Å². The molecule has 2 fully saturated rings. The van der Waals surface area contributed by atoms with E-state index in [4.69, 9.17) is 21.6 Å². The number of rotatable bonds is 6. The van der Waals surface area contributed by atoms with Crippen LogP contribution in [0.25, 0.3) is 22.6 Å². The number of nitrogens with zero attached hydrogens (tertiary/aromatic N) is 5. The number of guanidine groups is 1. The van der Waals surface area contributed by atoms with Crippen molar-refractivity contribution in [3.8, 4) is 11.6 Å². The summed E-state index contributed by atoms with van der Waals surface area (Å²) in [5.74, 6) is 2.06. The Morgan fingerprint density at radius 3 is 2.67 bits per heavy atom. The average Bonchev–Trinajstić information content (AvgIpc) is 3.53. The second-order valence-corrected chi connectivity index (χ2v) is 13.8. The number of carbonyl (C=O) groups excluding carboxylic acids is 1. The highest BCUT2D eigenvalue weighted by Crippen LogP contribution is 2.40. The maximum absolute atomic E-state index is 13.9. The molecule has 3 atom stereocenters. The molecule has 1 saturated carbocycles. The van der Waals surface area contributed by atoms with Crippen LogP contribution in [0.3, 0.4) is 0 Å². The van der Waals surface area contributed by atoms with E-state index >= 15 is 0 Å². The Morgan fingerprint density at radius 1 is 1.16 bits per heavy atom. The fourth-order valence-corrected chi connectivity index (χ4v) is 6.79.